The molecule has 0 spiro atoms. The first kappa shape index (κ1) is 22.6. The maximum absolute atomic E-state index is 12.8. The highest BCUT2D eigenvalue weighted by Crippen LogP contribution is 2.24. The smallest absolute Gasteiger partial charge is 0.339 e. The number of nitrogens with zero attached hydrogens (tertiary/aromatic N) is 1. The van der Waals surface area contributed by atoms with Crippen molar-refractivity contribution in [3.63, 3.8) is 0 Å². The van der Waals surface area contributed by atoms with Crippen molar-refractivity contribution < 1.29 is 27.4 Å². The summed E-state index contributed by atoms with van der Waals surface area (Å²) in [6.45, 7) is 5.31. The largest absolute Gasteiger partial charge is 0.490 e. The maximum atomic E-state index is 12.8. The molecule has 2 aromatic carbocycles. The van der Waals surface area contributed by atoms with E-state index in [1.807, 2.05) is 32.0 Å². The highest BCUT2D eigenvalue weighted by Gasteiger charge is 2.27. The second-order valence-corrected chi connectivity index (χ2v) is 9.31. The SMILES string of the molecule is Cc1cc(C)cc(OCCOC(=O)c2cc(S(=O)(=O)N3CCOCC3)ccc2Cl)c1. The van der Waals surface area contributed by atoms with E-state index in [1.54, 1.807) is 0 Å². The van der Waals surface area contributed by atoms with E-state index < -0.39 is 16.0 Å². The van der Waals surface area contributed by atoms with Crippen LogP contribution in [0, 0.1) is 13.8 Å². The predicted octanol–water partition coefficient (Wildman–Crippen LogP) is 3.21. The molecular weight excluding hydrogens is 430 g/mol. The minimum Gasteiger partial charge on any atom is -0.490 e. The van der Waals surface area contributed by atoms with E-state index in [0.29, 0.717) is 19.0 Å². The lowest BCUT2D eigenvalue weighted by molar-refractivity contribution is 0.0450. The summed E-state index contributed by atoms with van der Waals surface area (Å²) >= 11 is 6.11. The van der Waals surface area contributed by atoms with Gasteiger partial charge in [-0.3, -0.25) is 0 Å². The Labute approximate surface area is 181 Å². The van der Waals surface area contributed by atoms with Gasteiger partial charge in [0.25, 0.3) is 0 Å². The van der Waals surface area contributed by atoms with Gasteiger partial charge in [-0.15, -0.1) is 0 Å². The number of aryl methyl sites for hydroxylation is 2. The Morgan fingerprint density at radius 1 is 1.07 bits per heavy atom. The van der Waals surface area contributed by atoms with Crippen molar-refractivity contribution in [2.24, 2.45) is 0 Å². The average Bonchev–Trinajstić information content (AvgIpc) is 2.71. The van der Waals surface area contributed by atoms with Gasteiger partial charge in [-0.2, -0.15) is 4.31 Å². The first-order chi connectivity index (χ1) is 14.3. The second-order valence-electron chi connectivity index (χ2n) is 6.97. The first-order valence-electron chi connectivity index (χ1n) is 9.53. The lowest BCUT2D eigenvalue weighted by Crippen LogP contribution is -2.40. The van der Waals surface area contributed by atoms with Crippen LogP contribution in [0.2, 0.25) is 5.02 Å². The van der Waals surface area contributed by atoms with Gasteiger partial charge in [0.2, 0.25) is 10.0 Å². The van der Waals surface area contributed by atoms with Crippen LogP contribution >= 0.6 is 11.6 Å². The van der Waals surface area contributed by atoms with Crippen LogP contribution in [0.3, 0.4) is 0 Å². The minimum atomic E-state index is -3.74. The van der Waals surface area contributed by atoms with Crippen LogP contribution in [-0.4, -0.2) is 58.2 Å². The molecule has 162 valence electrons. The minimum absolute atomic E-state index is 0.00241. The zero-order valence-electron chi connectivity index (χ0n) is 16.9. The Kier molecular flexibility index (Phi) is 7.36. The molecule has 1 aliphatic rings. The molecule has 0 unspecified atom stereocenters. The molecule has 0 radical (unpaired) electrons. The monoisotopic (exact) mass is 453 g/mol. The molecule has 0 bridgehead atoms. The number of halogens is 1. The molecule has 2 aromatic rings. The van der Waals surface area contributed by atoms with Gasteiger partial charge < -0.3 is 14.2 Å². The third-order valence-corrected chi connectivity index (χ3v) is 6.77. The van der Waals surface area contributed by atoms with E-state index >= 15 is 0 Å². The standard InChI is InChI=1S/C21H24ClNO6S/c1-15-11-16(2)13-17(12-15)28-9-10-29-21(24)19-14-18(3-4-20(19)22)30(25,26)23-5-7-27-8-6-23/h3-4,11-14H,5-10H2,1-2H3. The van der Waals surface area contributed by atoms with E-state index in [9.17, 15) is 13.2 Å². The average molecular weight is 454 g/mol. The zero-order chi connectivity index (χ0) is 21.7. The molecule has 0 atom stereocenters. The summed E-state index contributed by atoms with van der Waals surface area (Å²) in [4.78, 5) is 12.4. The Morgan fingerprint density at radius 3 is 2.40 bits per heavy atom. The summed E-state index contributed by atoms with van der Waals surface area (Å²) < 4.78 is 43.0. The molecule has 1 saturated heterocycles. The molecule has 9 heteroatoms. The van der Waals surface area contributed by atoms with Crippen molar-refractivity contribution in [3.8, 4) is 5.75 Å². The summed E-state index contributed by atoms with van der Waals surface area (Å²) in [6, 6.07) is 9.84. The van der Waals surface area contributed by atoms with Crippen LogP contribution in [-0.2, 0) is 19.5 Å². The van der Waals surface area contributed by atoms with Gasteiger partial charge in [0.05, 0.1) is 28.7 Å². The van der Waals surface area contributed by atoms with Crippen molar-refractivity contribution >= 4 is 27.6 Å². The third-order valence-electron chi connectivity index (χ3n) is 4.55. The van der Waals surface area contributed by atoms with E-state index in [2.05, 4.69) is 0 Å². The van der Waals surface area contributed by atoms with Crippen LogP contribution in [0.1, 0.15) is 21.5 Å². The number of hydrogen-bond acceptors (Lipinski definition) is 6. The third kappa shape index (κ3) is 5.51. The Bertz CT molecular complexity index is 998. The predicted molar refractivity (Wildman–Crippen MR) is 113 cm³/mol. The van der Waals surface area contributed by atoms with Crippen molar-refractivity contribution in [1.82, 2.24) is 4.31 Å². The molecule has 0 aromatic heterocycles. The van der Waals surface area contributed by atoms with Gasteiger partial charge in [0.1, 0.15) is 19.0 Å². The first-order valence-corrected chi connectivity index (χ1v) is 11.3. The van der Waals surface area contributed by atoms with Gasteiger partial charge in [-0.25, -0.2) is 13.2 Å². The fourth-order valence-corrected chi connectivity index (χ4v) is 4.77. The van der Waals surface area contributed by atoms with E-state index in [1.165, 1.54) is 22.5 Å². The van der Waals surface area contributed by atoms with E-state index in [0.717, 1.165) is 11.1 Å². The molecule has 30 heavy (non-hydrogen) atoms. The molecular formula is C21H24ClNO6S. The summed E-state index contributed by atoms with van der Waals surface area (Å²) in [5, 5.41) is 0.121. The zero-order valence-corrected chi connectivity index (χ0v) is 18.5. The van der Waals surface area contributed by atoms with Crippen molar-refractivity contribution in [2.75, 3.05) is 39.5 Å². The van der Waals surface area contributed by atoms with Crippen LogP contribution in [0.25, 0.3) is 0 Å². The highest BCUT2D eigenvalue weighted by molar-refractivity contribution is 7.89. The lowest BCUT2D eigenvalue weighted by Gasteiger charge is -2.26. The Balaban J connectivity index is 1.63. The fraction of sp³-hybridized carbons (Fsp3) is 0.381. The van der Waals surface area contributed by atoms with Crippen molar-refractivity contribution in [1.29, 1.82) is 0 Å². The van der Waals surface area contributed by atoms with Gasteiger partial charge in [0, 0.05) is 13.1 Å². The summed E-state index contributed by atoms with van der Waals surface area (Å²) in [6.07, 6.45) is 0. The van der Waals surface area contributed by atoms with Crippen molar-refractivity contribution in [3.05, 3.63) is 58.1 Å². The topological polar surface area (TPSA) is 82.1 Å². The van der Waals surface area contributed by atoms with Crippen LogP contribution in [0.15, 0.2) is 41.3 Å². The van der Waals surface area contributed by atoms with Gasteiger partial charge in [0.15, 0.2) is 0 Å². The molecule has 7 nitrogen and oxygen atoms in total. The number of hydrogen-bond donors (Lipinski definition) is 0. The number of benzene rings is 2. The number of esters is 1. The van der Waals surface area contributed by atoms with Crippen LogP contribution in [0.4, 0.5) is 0 Å². The number of carbonyl (C=O) groups excluding carboxylic acids is 1. The number of morpholine rings is 1. The fourth-order valence-electron chi connectivity index (χ4n) is 3.15. The number of sulfonamides is 1. The number of carbonyl (C=O) groups is 1. The van der Waals surface area contributed by atoms with E-state index in [4.69, 9.17) is 25.8 Å². The van der Waals surface area contributed by atoms with Crippen LogP contribution < -0.4 is 4.74 Å². The molecule has 3 rings (SSSR count). The molecule has 0 amide bonds. The Hall–Kier alpha value is -2.13. The van der Waals surface area contributed by atoms with Crippen LogP contribution in [0.5, 0.6) is 5.75 Å². The maximum Gasteiger partial charge on any atom is 0.339 e. The normalized spacial score (nSPS) is 15.0. The summed E-state index contributed by atoms with van der Waals surface area (Å²) in [5.74, 6) is -0.0109. The van der Waals surface area contributed by atoms with Gasteiger partial charge >= 0.3 is 5.97 Å². The molecule has 0 saturated carbocycles. The second kappa shape index (κ2) is 9.78. The van der Waals surface area contributed by atoms with Crippen molar-refractivity contribution in [2.45, 2.75) is 18.7 Å². The molecule has 1 heterocycles. The van der Waals surface area contributed by atoms with E-state index in [-0.39, 0.29) is 41.8 Å². The molecule has 1 aliphatic heterocycles. The molecule has 0 aliphatic carbocycles. The Morgan fingerprint density at radius 2 is 1.73 bits per heavy atom. The number of rotatable bonds is 7. The molecule has 1 fully saturated rings. The summed E-state index contributed by atoms with van der Waals surface area (Å²) in [5.41, 5.74) is 2.15. The lowest BCUT2D eigenvalue weighted by atomic mass is 10.1. The van der Waals surface area contributed by atoms with Gasteiger partial charge in [-0.05, 0) is 55.3 Å². The highest BCUT2D eigenvalue weighted by atomic mass is 35.5. The number of ether oxygens (including phenoxy) is 3. The van der Waals surface area contributed by atoms with Gasteiger partial charge in [-0.1, -0.05) is 17.7 Å². The summed E-state index contributed by atoms with van der Waals surface area (Å²) in [7, 11) is -3.74. The molecule has 0 N–H and O–H groups in total. The quantitative estimate of drug-likeness (QED) is 0.473.